The number of ether oxygens (including phenoxy) is 1. The summed E-state index contributed by atoms with van der Waals surface area (Å²) >= 11 is 0. The van der Waals surface area contributed by atoms with Crippen LogP contribution in [0.1, 0.15) is 11.3 Å². The van der Waals surface area contributed by atoms with Gasteiger partial charge in [-0.05, 0) is 45.8 Å². The van der Waals surface area contributed by atoms with E-state index in [9.17, 15) is 10.1 Å². The van der Waals surface area contributed by atoms with Crippen LogP contribution in [0.25, 0.3) is 12.2 Å². The number of nitrogens with zero attached hydrogens (tertiary/aromatic N) is 2. The van der Waals surface area contributed by atoms with E-state index in [-0.39, 0.29) is 5.82 Å². The molecule has 0 amide bonds. The molecule has 0 N–H and O–H groups in total. The summed E-state index contributed by atoms with van der Waals surface area (Å²) in [5.41, 5.74) is 1.51. The van der Waals surface area contributed by atoms with Crippen molar-refractivity contribution in [3.63, 3.8) is 0 Å². The van der Waals surface area contributed by atoms with Crippen LogP contribution in [0.2, 0.25) is 0 Å². The third-order valence-electron chi connectivity index (χ3n) is 2.51. The highest BCUT2D eigenvalue weighted by molar-refractivity contribution is 5.68. The quantitative estimate of drug-likeness (QED) is 0.622. The third-order valence-corrected chi connectivity index (χ3v) is 2.51. The molecule has 0 saturated heterocycles. The molecule has 19 heavy (non-hydrogen) atoms. The van der Waals surface area contributed by atoms with Crippen molar-refractivity contribution < 1.29 is 9.66 Å². The lowest BCUT2D eigenvalue weighted by Crippen LogP contribution is -1.92. The van der Waals surface area contributed by atoms with Gasteiger partial charge in [-0.1, -0.05) is 18.2 Å². The van der Waals surface area contributed by atoms with E-state index in [0.717, 1.165) is 11.3 Å². The molecular weight excluding hydrogens is 244 g/mol. The van der Waals surface area contributed by atoms with Crippen molar-refractivity contribution in [1.29, 1.82) is 0 Å². The lowest BCUT2D eigenvalue weighted by atomic mass is 10.2. The predicted octanol–water partition coefficient (Wildman–Crippen LogP) is 3.17. The van der Waals surface area contributed by atoms with Crippen molar-refractivity contribution in [3.8, 4) is 5.75 Å². The minimum Gasteiger partial charge on any atom is -0.497 e. The Hall–Kier alpha value is -2.69. The van der Waals surface area contributed by atoms with Crippen molar-refractivity contribution in [1.82, 2.24) is 4.98 Å². The van der Waals surface area contributed by atoms with E-state index in [1.807, 2.05) is 30.3 Å². The zero-order chi connectivity index (χ0) is 13.7. The van der Waals surface area contributed by atoms with Gasteiger partial charge in [0.2, 0.25) is 0 Å². The molecule has 0 spiro atoms. The molecule has 0 aliphatic carbocycles. The van der Waals surface area contributed by atoms with Gasteiger partial charge in [-0.2, -0.15) is 0 Å². The molecule has 0 unspecified atom stereocenters. The monoisotopic (exact) mass is 256 g/mol. The summed E-state index contributed by atoms with van der Waals surface area (Å²) in [5, 5.41) is 10.6. The Kier molecular flexibility index (Phi) is 3.87. The van der Waals surface area contributed by atoms with Crippen molar-refractivity contribution in [2.45, 2.75) is 0 Å². The van der Waals surface area contributed by atoms with E-state index >= 15 is 0 Å². The first-order chi connectivity index (χ1) is 9.19. The molecule has 5 nitrogen and oxygen atoms in total. The summed E-state index contributed by atoms with van der Waals surface area (Å²) in [4.78, 5) is 14.0. The smallest absolute Gasteiger partial charge is 0.364 e. The number of benzene rings is 1. The minimum absolute atomic E-state index is 0.156. The second kappa shape index (κ2) is 5.77. The lowest BCUT2D eigenvalue weighted by Gasteiger charge is -1.98. The zero-order valence-electron chi connectivity index (χ0n) is 10.3. The van der Waals surface area contributed by atoms with Crippen LogP contribution >= 0.6 is 0 Å². The fourth-order valence-corrected chi connectivity index (χ4v) is 1.53. The van der Waals surface area contributed by atoms with Crippen LogP contribution in [0.15, 0.2) is 42.5 Å². The van der Waals surface area contributed by atoms with Gasteiger partial charge < -0.3 is 14.9 Å². The second-order valence-electron chi connectivity index (χ2n) is 3.78. The molecule has 96 valence electrons. The molecule has 1 aromatic carbocycles. The SMILES string of the molecule is COc1ccc(/C=C/c2cccc([N+](=O)[O-])n2)cc1. The van der Waals surface area contributed by atoms with Crippen LogP contribution < -0.4 is 4.74 Å². The Bertz CT molecular complexity index is 606. The fourth-order valence-electron chi connectivity index (χ4n) is 1.53. The molecule has 2 rings (SSSR count). The van der Waals surface area contributed by atoms with Gasteiger partial charge >= 0.3 is 5.82 Å². The van der Waals surface area contributed by atoms with E-state index in [0.29, 0.717) is 5.69 Å². The van der Waals surface area contributed by atoms with Gasteiger partial charge in [-0.15, -0.1) is 0 Å². The van der Waals surface area contributed by atoms with E-state index in [1.165, 1.54) is 6.07 Å². The summed E-state index contributed by atoms with van der Waals surface area (Å²) in [6.07, 6.45) is 3.57. The normalized spacial score (nSPS) is 10.6. The van der Waals surface area contributed by atoms with Gasteiger partial charge in [0.15, 0.2) is 5.69 Å². The molecule has 0 fully saturated rings. The molecule has 0 aliphatic heterocycles. The largest absolute Gasteiger partial charge is 0.497 e. The number of hydrogen-bond donors (Lipinski definition) is 0. The van der Waals surface area contributed by atoms with E-state index in [4.69, 9.17) is 4.74 Å². The standard InChI is InChI=1S/C14H12N2O3/c1-19-13-9-6-11(7-10-13)5-8-12-3-2-4-14(15-12)16(17)18/h2-10H,1H3/b8-5+. The Morgan fingerprint density at radius 1 is 1.16 bits per heavy atom. The Morgan fingerprint density at radius 2 is 1.89 bits per heavy atom. The molecule has 2 aromatic rings. The van der Waals surface area contributed by atoms with Gasteiger partial charge in [0.25, 0.3) is 0 Å². The van der Waals surface area contributed by atoms with Crippen molar-refractivity contribution in [2.75, 3.05) is 7.11 Å². The molecule has 0 saturated carbocycles. The summed E-state index contributed by atoms with van der Waals surface area (Å²) < 4.78 is 5.06. The number of hydrogen-bond acceptors (Lipinski definition) is 4. The maximum absolute atomic E-state index is 10.6. The molecule has 5 heteroatoms. The van der Waals surface area contributed by atoms with Crippen LogP contribution in [0.5, 0.6) is 5.75 Å². The maximum atomic E-state index is 10.6. The third kappa shape index (κ3) is 3.38. The molecule has 0 bridgehead atoms. The maximum Gasteiger partial charge on any atom is 0.364 e. The predicted molar refractivity (Wildman–Crippen MR) is 72.8 cm³/mol. The Morgan fingerprint density at radius 3 is 2.53 bits per heavy atom. The number of rotatable bonds is 4. The second-order valence-corrected chi connectivity index (χ2v) is 3.78. The number of nitro groups is 1. The average Bonchev–Trinajstić information content (AvgIpc) is 2.46. The minimum atomic E-state index is -0.509. The van der Waals surface area contributed by atoms with E-state index in [2.05, 4.69) is 4.98 Å². The van der Waals surface area contributed by atoms with Gasteiger partial charge in [-0.25, -0.2) is 0 Å². The molecule has 0 radical (unpaired) electrons. The lowest BCUT2D eigenvalue weighted by molar-refractivity contribution is -0.389. The van der Waals surface area contributed by atoms with Gasteiger partial charge in [0.05, 0.1) is 7.11 Å². The molecule has 1 heterocycles. The van der Waals surface area contributed by atoms with Crippen LogP contribution in [-0.4, -0.2) is 17.0 Å². The van der Waals surface area contributed by atoms with Crippen molar-refractivity contribution >= 4 is 18.0 Å². The average molecular weight is 256 g/mol. The zero-order valence-corrected chi connectivity index (χ0v) is 10.3. The highest BCUT2D eigenvalue weighted by atomic mass is 16.6. The van der Waals surface area contributed by atoms with Crippen LogP contribution in [0.4, 0.5) is 5.82 Å². The Balaban J connectivity index is 2.17. The van der Waals surface area contributed by atoms with E-state index < -0.39 is 4.92 Å². The first-order valence-electron chi connectivity index (χ1n) is 5.62. The van der Waals surface area contributed by atoms with Gasteiger partial charge in [0.1, 0.15) is 5.75 Å². The summed E-state index contributed by atoms with van der Waals surface area (Å²) in [7, 11) is 1.61. The van der Waals surface area contributed by atoms with Crippen LogP contribution in [0, 0.1) is 10.1 Å². The van der Waals surface area contributed by atoms with Gasteiger partial charge in [-0.3, -0.25) is 0 Å². The first-order valence-corrected chi connectivity index (χ1v) is 5.62. The highest BCUT2D eigenvalue weighted by Crippen LogP contribution is 2.14. The Labute approximate surface area is 110 Å². The number of methoxy groups -OCH3 is 1. The number of pyridine rings is 1. The van der Waals surface area contributed by atoms with Crippen LogP contribution in [-0.2, 0) is 0 Å². The number of aromatic nitrogens is 1. The van der Waals surface area contributed by atoms with Gasteiger partial charge in [0, 0.05) is 6.07 Å². The van der Waals surface area contributed by atoms with Crippen molar-refractivity contribution in [3.05, 3.63) is 63.8 Å². The fraction of sp³-hybridized carbons (Fsp3) is 0.0714. The summed E-state index contributed by atoms with van der Waals surface area (Å²) in [6.45, 7) is 0. The summed E-state index contributed by atoms with van der Waals surface area (Å²) in [5.74, 6) is 0.627. The van der Waals surface area contributed by atoms with Crippen LogP contribution in [0.3, 0.4) is 0 Å². The first kappa shape index (κ1) is 12.8. The molecule has 0 atom stereocenters. The molecule has 1 aromatic heterocycles. The molecular formula is C14H12N2O3. The topological polar surface area (TPSA) is 65.3 Å². The summed E-state index contributed by atoms with van der Waals surface area (Å²) in [6, 6.07) is 12.2. The highest BCUT2D eigenvalue weighted by Gasteiger charge is 2.06. The molecule has 0 aliphatic rings. The van der Waals surface area contributed by atoms with Crippen molar-refractivity contribution in [2.24, 2.45) is 0 Å². The van der Waals surface area contributed by atoms with E-state index in [1.54, 1.807) is 25.3 Å².